The summed E-state index contributed by atoms with van der Waals surface area (Å²) < 4.78 is 11.3. The van der Waals surface area contributed by atoms with E-state index in [9.17, 15) is 5.11 Å². The molecule has 0 fully saturated rings. The van der Waals surface area contributed by atoms with Gasteiger partial charge in [0.15, 0.2) is 0 Å². The third-order valence-electron chi connectivity index (χ3n) is 4.89. The van der Waals surface area contributed by atoms with Crippen LogP contribution in [0.5, 0.6) is 5.75 Å². The summed E-state index contributed by atoms with van der Waals surface area (Å²) in [6.45, 7) is 2.06. The molecule has 1 atom stereocenters. The van der Waals surface area contributed by atoms with Gasteiger partial charge in [0.2, 0.25) is 0 Å². The van der Waals surface area contributed by atoms with Crippen LogP contribution >= 0.6 is 0 Å². The summed E-state index contributed by atoms with van der Waals surface area (Å²) in [4.78, 5) is 2.19. The largest absolute Gasteiger partial charge is 0.491 e. The molecule has 4 rings (SSSR count). The van der Waals surface area contributed by atoms with E-state index in [2.05, 4.69) is 47.4 Å². The number of hydrogen-bond donors (Lipinski definition) is 1. The molecule has 0 saturated carbocycles. The van der Waals surface area contributed by atoms with E-state index in [-0.39, 0.29) is 6.61 Å². The normalized spacial score (nSPS) is 12.3. The molecule has 0 spiro atoms. The van der Waals surface area contributed by atoms with E-state index in [1.807, 2.05) is 42.5 Å². The highest BCUT2D eigenvalue weighted by atomic mass is 16.5. The van der Waals surface area contributed by atoms with Crippen LogP contribution in [0.1, 0.15) is 11.3 Å². The van der Waals surface area contributed by atoms with Gasteiger partial charge in [-0.3, -0.25) is 4.90 Å². The second-order valence-electron chi connectivity index (χ2n) is 7.17. The lowest BCUT2D eigenvalue weighted by Crippen LogP contribution is -2.35. The van der Waals surface area contributed by atoms with Crippen molar-refractivity contribution in [2.45, 2.75) is 19.2 Å². The van der Waals surface area contributed by atoms with Gasteiger partial charge in [-0.1, -0.05) is 60.7 Å². The lowest BCUT2D eigenvalue weighted by Gasteiger charge is -2.25. The summed E-state index contributed by atoms with van der Waals surface area (Å²) in [5.74, 6) is 1.64. The van der Waals surface area contributed by atoms with Crippen molar-refractivity contribution in [3.8, 4) is 5.75 Å². The molecule has 4 nitrogen and oxygen atoms in total. The lowest BCUT2D eigenvalue weighted by molar-refractivity contribution is 0.0606. The van der Waals surface area contributed by atoms with Gasteiger partial charge in [0.25, 0.3) is 0 Å². The van der Waals surface area contributed by atoms with Crippen LogP contribution < -0.4 is 4.74 Å². The van der Waals surface area contributed by atoms with Gasteiger partial charge in [-0.2, -0.15) is 0 Å². The van der Waals surface area contributed by atoms with Crippen molar-refractivity contribution in [1.82, 2.24) is 4.90 Å². The molecule has 1 N–H and O–H groups in total. The summed E-state index contributed by atoms with van der Waals surface area (Å²) in [5, 5.41) is 13.1. The molecule has 0 amide bonds. The highest BCUT2D eigenvalue weighted by molar-refractivity contribution is 5.85. The molecule has 148 valence electrons. The van der Waals surface area contributed by atoms with Crippen LogP contribution in [-0.4, -0.2) is 29.3 Å². The minimum Gasteiger partial charge on any atom is -0.491 e. The zero-order chi connectivity index (χ0) is 19.9. The van der Waals surface area contributed by atoms with Gasteiger partial charge >= 0.3 is 0 Å². The third-order valence-corrected chi connectivity index (χ3v) is 4.89. The van der Waals surface area contributed by atoms with Gasteiger partial charge in [0, 0.05) is 13.1 Å². The number of benzene rings is 3. The number of ether oxygens (including phenoxy) is 1. The number of hydrogen-bond acceptors (Lipinski definition) is 4. The highest BCUT2D eigenvalue weighted by Gasteiger charge is 2.16. The number of aliphatic hydroxyl groups excluding tert-OH is 1. The molecule has 29 heavy (non-hydrogen) atoms. The quantitative estimate of drug-likeness (QED) is 0.445. The predicted molar refractivity (Wildman–Crippen MR) is 115 cm³/mol. The van der Waals surface area contributed by atoms with E-state index < -0.39 is 6.10 Å². The monoisotopic (exact) mass is 387 g/mol. The van der Waals surface area contributed by atoms with Crippen molar-refractivity contribution in [1.29, 1.82) is 0 Å². The van der Waals surface area contributed by atoms with Crippen LogP contribution in [0, 0.1) is 0 Å². The zero-order valence-electron chi connectivity index (χ0n) is 16.3. The fourth-order valence-corrected chi connectivity index (χ4v) is 3.54. The summed E-state index contributed by atoms with van der Waals surface area (Å²) in [6.07, 6.45) is 1.07. The number of furan rings is 1. The standard InChI is InChI=1S/C25H25NO3/c27-22(19-29-23-11-2-1-3-12-23)17-26(18-24-13-7-15-28-24)16-21-10-6-9-20-8-4-5-14-25(20)21/h1-15,22,27H,16-19H2. The first-order valence-corrected chi connectivity index (χ1v) is 9.85. The van der Waals surface area contributed by atoms with E-state index in [1.54, 1.807) is 6.26 Å². The molecule has 1 heterocycles. The molecule has 1 unspecified atom stereocenters. The predicted octanol–water partition coefficient (Wildman–Crippen LogP) is 4.87. The van der Waals surface area contributed by atoms with Gasteiger partial charge in [-0.25, -0.2) is 0 Å². The lowest BCUT2D eigenvalue weighted by atomic mass is 10.0. The SMILES string of the molecule is OC(COc1ccccc1)CN(Cc1ccco1)Cc1cccc2ccccc12. The third kappa shape index (κ3) is 5.25. The number of fused-ring (bicyclic) bond motifs is 1. The van der Waals surface area contributed by atoms with Crippen molar-refractivity contribution in [2.24, 2.45) is 0 Å². The number of para-hydroxylation sites is 1. The van der Waals surface area contributed by atoms with Crippen LogP contribution in [0.3, 0.4) is 0 Å². The molecule has 1 aromatic heterocycles. The van der Waals surface area contributed by atoms with Crippen LogP contribution in [0.15, 0.2) is 95.6 Å². The van der Waals surface area contributed by atoms with Gasteiger partial charge in [0.05, 0.1) is 12.8 Å². The van der Waals surface area contributed by atoms with E-state index >= 15 is 0 Å². The van der Waals surface area contributed by atoms with Crippen molar-refractivity contribution >= 4 is 10.8 Å². The Morgan fingerprint density at radius 3 is 2.45 bits per heavy atom. The van der Waals surface area contributed by atoms with Crippen LogP contribution in [0.25, 0.3) is 10.8 Å². The Hall–Kier alpha value is -3.08. The topological polar surface area (TPSA) is 45.8 Å². The Labute approximate surface area is 171 Å². The summed E-state index contributed by atoms with van der Waals surface area (Å²) >= 11 is 0. The summed E-state index contributed by atoms with van der Waals surface area (Å²) in [7, 11) is 0. The van der Waals surface area contributed by atoms with Gasteiger partial charge < -0.3 is 14.3 Å². The zero-order valence-corrected chi connectivity index (χ0v) is 16.3. The maximum Gasteiger partial charge on any atom is 0.119 e. The average Bonchev–Trinajstić information content (AvgIpc) is 3.26. The maximum absolute atomic E-state index is 10.6. The van der Waals surface area contributed by atoms with E-state index in [0.717, 1.165) is 11.5 Å². The first-order chi connectivity index (χ1) is 14.3. The number of rotatable bonds is 9. The average molecular weight is 387 g/mol. The van der Waals surface area contributed by atoms with Gasteiger partial charge in [-0.05, 0) is 40.6 Å². The fourth-order valence-electron chi connectivity index (χ4n) is 3.54. The molecule has 0 bridgehead atoms. The molecule has 4 heteroatoms. The Bertz CT molecular complexity index is 1010. The van der Waals surface area contributed by atoms with Crippen LogP contribution in [0.2, 0.25) is 0 Å². The number of nitrogens with zero attached hydrogens (tertiary/aromatic N) is 1. The maximum atomic E-state index is 10.6. The fraction of sp³-hybridized carbons (Fsp3) is 0.200. The first kappa shape index (κ1) is 19.2. The summed E-state index contributed by atoms with van der Waals surface area (Å²) in [5.41, 5.74) is 1.23. The Morgan fingerprint density at radius 2 is 1.62 bits per heavy atom. The second kappa shape index (κ2) is 9.41. The van der Waals surface area contributed by atoms with Gasteiger partial charge in [-0.15, -0.1) is 0 Å². The van der Waals surface area contributed by atoms with Crippen LogP contribution in [0.4, 0.5) is 0 Å². The van der Waals surface area contributed by atoms with Crippen molar-refractivity contribution in [3.63, 3.8) is 0 Å². The van der Waals surface area contributed by atoms with Crippen molar-refractivity contribution in [3.05, 3.63) is 103 Å². The second-order valence-corrected chi connectivity index (χ2v) is 7.17. The molecule has 0 aliphatic carbocycles. The molecule has 0 saturated heterocycles. The molecule has 0 aliphatic heterocycles. The molecular weight excluding hydrogens is 362 g/mol. The van der Waals surface area contributed by atoms with Crippen molar-refractivity contribution in [2.75, 3.05) is 13.2 Å². The molecule has 3 aromatic carbocycles. The van der Waals surface area contributed by atoms with Crippen LogP contribution in [-0.2, 0) is 13.1 Å². The van der Waals surface area contributed by atoms with Gasteiger partial charge in [0.1, 0.15) is 24.2 Å². The summed E-state index contributed by atoms with van der Waals surface area (Å²) in [6, 6.07) is 28.2. The molecule has 4 aromatic rings. The molecule has 0 aliphatic rings. The molecular formula is C25H25NO3. The Kier molecular flexibility index (Phi) is 6.25. The minimum atomic E-state index is -0.611. The Balaban J connectivity index is 1.47. The van der Waals surface area contributed by atoms with E-state index in [4.69, 9.17) is 9.15 Å². The molecule has 0 radical (unpaired) electrons. The first-order valence-electron chi connectivity index (χ1n) is 9.85. The minimum absolute atomic E-state index is 0.244. The van der Waals surface area contributed by atoms with Crippen molar-refractivity contribution < 1.29 is 14.3 Å². The Morgan fingerprint density at radius 1 is 0.828 bits per heavy atom. The van der Waals surface area contributed by atoms with E-state index in [0.29, 0.717) is 19.6 Å². The highest BCUT2D eigenvalue weighted by Crippen LogP contribution is 2.21. The van der Waals surface area contributed by atoms with E-state index in [1.165, 1.54) is 16.3 Å². The smallest absolute Gasteiger partial charge is 0.119 e. The number of aliphatic hydroxyl groups is 1.